The van der Waals surface area contributed by atoms with Crippen LogP contribution in [0.15, 0.2) is 12.7 Å². The second-order valence-electron chi connectivity index (χ2n) is 4.00. The molecule has 0 radical (unpaired) electrons. The van der Waals surface area contributed by atoms with Crippen molar-refractivity contribution in [2.45, 2.75) is 31.7 Å². The molecule has 0 aromatic carbocycles. The second-order valence-corrected chi connectivity index (χ2v) is 4.00. The predicted molar refractivity (Wildman–Crippen MR) is 57.8 cm³/mol. The van der Waals surface area contributed by atoms with Crippen molar-refractivity contribution in [1.29, 1.82) is 0 Å². The molecule has 0 saturated heterocycles. The van der Waals surface area contributed by atoms with Gasteiger partial charge in [0.15, 0.2) is 0 Å². The van der Waals surface area contributed by atoms with E-state index in [1.54, 1.807) is 4.90 Å². The van der Waals surface area contributed by atoms with Crippen LogP contribution in [-0.4, -0.2) is 30.4 Å². The third-order valence-corrected chi connectivity index (χ3v) is 3.19. The fourth-order valence-electron chi connectivity index (χ4n) is 2.28. The molecule has 0 aromatic heterocycles. The Balaban J connectivity index is 2.62. The quantitative estimate of drug-likeness (QED) is 0.688. The molecular formula is C11H20N2O. The summed E-state index contributed by atoms with van der Waals surface area (Å²) in [6.45, 7) is 4.18. The van der Waals surface area contributed by atoms with Gasteiger partial charge in [-0.25, -0.2) is 0 Å². The van der Waals surface area contributed by atoms with Gasteiger partial charge in [-0.2, -0.15) is 0 Å². The minimum absolute atomic E-state index is 0.00958. The van der Waals surface area contributed by atoms with Gasteiger partial charge in [-0.1, -0.05) is 19.4 Å². The molecule has 0 bridgehead atoms. The molecule has 1 rings (SSSR count). The Bertz CT molecular complexity index is 215. The standard InChI is InChI=1S/C11H20N2O/c1-3-11(14)13(2)10-7-5-4-6-9(10)8-12/h3,9-10H,1,4-8,12H2,2H3. The average molecular weight is 196 g/mol. The molecule has 0 spiro atoms. The van der Waals surface area contributed by atoms with Crippen LogP contribution in [0.3, 0.4) is 0 Å². The van der Waals surface area contributed by atoms with Gasteiger partial charge >= 0.3 is 0 Å². The maximum atomic E-state index is 11.4. The summed E-state index contributed by atoms with van der Waals surface area (Å²) in [4.78, 5) is 13.2. The molecule has 1 fully saturated rings. The summed E-state index contributed by atoms with van der Waals surface area (Å²) in [5.74, 6) is 0.480. The summed E-state index contributed by atoms with van der Waals surface area (Å²) in [6, 6.07) is 0.319. The van der Waals surface area contributed by atoms with E-state index >= 15 is 0 Å². The van der Waals surface area contributed by atoms with Gasteiger partial charge in [0.1, 0.15) is 0 Å². The number of likely N-dealkylation sites (N-methyl/N-ethyl adjacent to an activating group) is 1. The Morgan fingerprint density at radius 3 is 2.79 bits per heavy atom. The minimum atomic E-state index is 0.00958. The number of amides is 1. The molecule has 1 saturated carbocycles. The first-order valence-corrected chi connectivity index (χ1v) is 5.30. The molecular weight excluding hydrogens is 176 g/mol. The summed E-state index contributed by atoms with van der Waals surface area (Å²) in [5, 5.41) is 0. The van der Waals surface area contributed by atoms with Crippen molar-refractivity contribution in [3.63, 3.8) is 0 Å². The predicted octanol–water partition coefficient (Wildman–Crippen LogP) is 1.15. The Morgan fingerprint density at radius 1 is 1.57 bits per heavy atom. The van der Waals surface area contributed by atoms with E-state index in [1.807, 2.05) is 7.05 Å². The van der Waals surface area contributed by atoms with Crippen LogP contribution in [0.5, 0.6) is 0 Å². The van der Waals surface area contributed by atoms with E-state index in [4.69, 9.17) is 5.73 Å². The number of hydrogen-bond acceptors (Lipinski definition) is 2. The lowest BCUT2D eigenvalue weighted by Gasteiger charge is -2.37. The number of carbonyl (C=O) groups is 1. The largest absolute Gasteiger partial charge is 0.339 e. The lowest BCUT2D eigenvalue weighted by Crippen LogP contribution is -2.45. The molecule has 2 N–H and O–H groups in total. The zero-order valence-corrected chi connectivity index (χ0v) is 8.91. The highest BCUT2D eigenvalue weighted by Crippen LogP contribution is 2.27. The fraction of sp³-hybridized carbons (Fsp3) is 0.727. The van der Waals surface area contributed by atoms with Crippen molar-refractivity contribution in [1.82, 2.24) is 4.90 Å². The van der Waals surface area contributed by atoms with E-state index in [2.05, 4.69) is 6.58 Å². The zero-order chi connectivity index (χ0) is 10.6. The van der Waals surface area contributed by atoms with Crippen molar-refractivity contribution in [3.05, 3.63) is 12.7 Å². The summed E-state index contributed by atoms with van der Waals surface area (Å²) in [7, 11) is 1.85. The van der Waals surface area contributed by atoms with Crippen molar-refractivity contribution < 1.29 is 4.79 Å². The molecule has 80 valence electrons. The van der Waals surface area contributed by atoms with E-state index in [0.717, 1.165) is 12.8 Å². The normalized spacial score (nSPS) is 27.0. The third-order valence-electron chi connectivity index (χ3n) is 3.19. The zero-order valence-electron chi connectivity index (χ0n) is 8.91. The molecule has 3 heteroatoms. The summed E-state index contributed by atoms with van der Waals surface area (Å²) in [6.07, 6.45) is 6.06. The molecule has 1 aliphatic rings. The van der Waals surface area contributed by atoms with Gasteiger partial charge in [-0.15, -0.1) is 0 Å². The molecule has 2 atom stereocenters. The lowest BCUT2D eigenvalue weighted by molar-refractivity contribution is -0.128. The molecule has 3 nitrogen and oxygen atoms in total. The topological polar surface area (TPSA) is 46.3 Å². The fourth-order valence-corrected chi connectivity index (χ4v) is 2.28. The summed E-state index contributed by atoms with van der Waals surface area (Å²) >= 11 is 0. The van der Waals surface area contributed by atoms with Gasteiger partial charge in [0.2, 0.25) is 5.91 Å². The Labute approximate surface area is 86.0 Å². The van der Waals surface area contributed by atoms with Gasteiger partial charge < -0.3 is 10.6 Å². The van der Waals surface area contributed by atoms with Crippen LogP contribution in [0.4, 0.5) is 0 Å². The maximum Gasteiger partial charge on any atom is 0.245 e. The highest BCUT2D eigenvalue weighted by atomic mass is 16.2. The Kier molecular flexibility index (Phi) is 4.14. The molecule has 0 aliphatic heterocycles. The van der Waals surface area contributed by atoms with E-state index in [1.165, 1.54) is 18.9 Å². The van der Waals surface area contributed by atoms with Gasteiger partial charge in [0.05, 0.1) is 0 Å². The lowest BCUT2D eigenvalue weighted by atomic mass is 9.83. The van der Waals surface area contributed by atoms with Gasteiger partial charge in [0, 0.05) is 13.1 Å². The van der Waals surface area contributed by atoms with Crippen molar-refractivity contribution >= 4 is 5.91 Å². The number of rotatable bonds is 3. The van der Waals surface area contributed by atoms with Crippen molar-refractivity contribution in [2.24, 2.45) is 11.7 Å². The van der Waals surface area contributed by atoms with E-state index in [-0.39, 0.29) is 5.91 Å². The minimum Gasteiger partial charge on any atom is -0.339 e. The third kappa shape index (κ3) is 2.35. The maximum absolute atomic E-state index is 11.4. The Hall–Kier alpha value is -0.830. The van der Waals surface area contributed by atoms with Gasteiger partial charge in [0.25, 0.3) is 0 Å². The average Bonchev–Trinajstić information content (AvgIpc) is 2.26. The first kappa shape index (κ1) is 11.2. The highest BCUT2D eigenvalue weighted by molar-refractivity contribution is 5.87. The van der Waals surface area contributed by atoms with Gasteiger partial charge in [-0.3, -0.25) is 4.79 Å². The first-order valence-electron chi connectivity index (χ1n) is 5.30. The first-order chi connectivity index (χ1) is 6.70. The number of carbonyl (C=O) groups excluding carboxylic acids is 1. The number of nitrogens with two attached hydrogens (primary N) is 1. The summed E-state index contributed by atoms with van der Waals surface area (Å²) < 4.78 is 0. The molecule has 0 aromatic rings. The summed E-state index contributed by atoms with van der Waals surface area (Å²) in [5.41, 5.74) is 5.71. The monoisotopic (exact) mass is 196 g/mol. The van der Waals surface area contributed by atoms with Crippen LogP contribution in [-0.2, 0) is 4.79 Å². The molecule has 1 aliphatic carbocycles. The van der Waals surface area contributed by atoms with Gasteiger partial charge in [-0.05, 0) is 31.4 Å². The smallest absolute Gasteiger partial charge is 0.245 e. The van der Waals surface area contributed by atoms with Crippen molar-refractivity contribution in [2.75, 3.05) is 13.6 Å². The van der Waals surface area contributed by atoms with Crippen LogP contribution in [0.25, 0.3) is 0 Å². The molecule has 1 amide bonds. The van der Waals surface area contributed by atoms with Crippen molar-refractivity contribution in [3.8, 4) is 0 Å². The number of hydrogen-bond donors (Lipinski definition) is 1. The van der Waals surface area contributed by atoms with Crippen LogP contribution < -0.4 is 5.73 Å². The van der Waals surface area contributed by atoms with Crippen LogP contribution in [0, 0.1) is 5.92 Å². The van der Waals surface area contributed by atoms with E-state index in [0.29, 0.717) is 18.5 Å². The Morgan fingerprint density at radius 2 is 2.21 bits per heavy atom. The molecule has 2 unspecified atom stereocenters. The van der Waals surface area contributed by atoms with E-state index in [9.17, 15) is 4.79 Å². The second kappa shape index (κ2) is 5.15. The van der Waals surface area contributed by atoms with E-state index < -0.39 is 0 Å². The SMILES string of the molecule is C=CC(=O)N(C)C1CCCCC1CN. The van der Waals surface area contributed by atoms with Crippen LogP contribution in [0.2, 0.25) is 0 Å². The van der Waals surface area contributed by atoms with Crippen LogP contribution in [0.1, 0.15) is 25.7 Å². The van der Waals surface area contributed by atoms with Crippen LogP contribution >= 0.6 is 0 Å². The highest BCUT2D eigenvalue weighted by Gasteiger charge is 2.28. The molecule has 0 heterocycles. The number of nitrogens with zero attached hydrogens (tertiary/aromatic N) is 1. The molecule has 14 heavy (non-hydrogen) atoms.